The maximum atomic E-state index is 12.1. The second-order valence-corrected chi connectivity index (χ2v) is 6.97. The Balaban J connectivity index is 1.45. The molecule has 0 radical (unpaired) electrons. The zero-order valence-corrected chi connectivity index (χ0v) is 15.2. The van der Waals surface area contributed by atoms with Gasteiger partial charge in [0.2, 0.25) is 0 Å². The molecular weight excluding hydrogens is 354 g/mol. The van der Waals surface area contributed by atoms with E-state index in [9.17, 15) is 4.79 Å². The number of thiazole rings is 1. The van der Waals surface area contributed by atoms with Crippen LogP contribution < -0.4 is 10.2 Å². The van der Waals surface area contributed by atoms with Crippen LogP contribution in [0, 0.1) is 6.92 Å². The Hall–Kier alpha value is -2.59. The van der Waals surface area contributed by atoms with Crippen LogP contribution in [0.3, 0.4) is 0 Å². The summed E-state index contributed by atoms with van der Waals surface area (Å²) < 4.78 is 7.19. The third-order valence-electron chi connectivity index (χ3n) is 4.18. The van der Waals surface area contributed by atoms with Gasteiger partial charge in [0, 0.05) is 25.0 Å². The maximum absolute atomic E-state index is 12.1. The van der Waals surface area contributed by atoms with Gasteiger partial charge >= 0.3 is 0 Å². The number of nitrogens with one attached hydrogen (secondary N) is 1. The molecule has 0 bridgehead atoms. The van der Waals surface area contributed by atoms with Crippen molar-refractivity contribution in [1.29, 1.82) is 0 Å². The molecule has 1 fully saturated rings. The summed E-state index contributed by atoms with van der Waals surface area (Å²) in [6.07, 6.45) is 3.34. The van der Waals surface area contributed by atoms with Gasteiger partial charge < -0.3 is 15.0 Å². The number of anilines is 1. The lowest BCUT2D eigenvalue weighted by Gasteiger charge is -2.27. The van der Waals surface area contributed by atoms with E-state index in [1.54, 1.807) is 22.6 Å². The molecule has 0 aliphatic carbocycles. The fourth-order valence-corrected chi connectivity index (χ4v) is 3.50. The van der Waals surface area contributed by atoms with Gasteiger partial charge in [-0.05, 0) is 6.92 Å². The number of carbonyl (C=O) groups is 1. The first kappa shape index (κ1) is 16.9. The number of rotatable bonds is 5. The first-order valence-electron chi connectivity index (χ1n) is 8.42. The van der Waals surface area contributed by atoms with Crippen molar-refractivity contribution in [3.63, 3.8) is 0 Å². The van der Waals surface area contributed by atoms with E-state index in [0.29, 0.717) is 32.0 Å². The molecule has 0 aromatic carbocycles. The minimum atomic E-state index is -0.172. The summed E-state index contributed by atoms with van der Waals surface area (Å²) in [5.41, 5.74) is 1.22. The van der Waals surface area contributed by atoms with Crippen LogP contribution in [-0.2, 0) is 11.3 Å². The molecule has 0 saturated carbocycles. The van der Waals surface area contributed by atoms with E-state index in [-0.39, 0.29) is 5.91 Å². The zero-order chi connectivity index (χ0) is 17.9. The van der Waals surface area contributed by atoms with Crippen LogP contribution in [-0.4, -0.2) is 63.5 Å². The predicted molar refractivity (Wildman–Crippen MR) is 97.5 cm³/mol. The molecule has 0 spiro atoms. The summed E-state index contributed by atoms with van der Waals surface area (Å²) in [7, 11) is 0. The van der Waals surface area contributed by atoms with Crippen molar-refractivity contribution in [3.05, 3.63) is 28.6 Å². The van der Waals surface area contributed by atoms with Crippen molar-refractivity contribution in [3.8, 4) is 0 Å². The van der Waals surface area contributed by atoms with Gasteiger partial charge in [0.15, 0.2) is 5.65 Å². The van der Waals surface area contributed by atoms with Gasteiger partial charge in [-0.15, -0.1) is 11.3 Å². The number of hydrogen-bond acceptors (Lipinski definition) is 8. The van der Waals surface area contributed by atoms with Crippen LogP contribution in [0.2, 0.25) is 0 Å². The van der Waals surface area contributed by atoms with E-state index in [2.05, 4.69) is 30.3 Å². The summed E-state index contributed by atoms with van der Waals surface area (Å²) in [6.45, 7) is 5.86. The first-order chi connectivity index (χ1) is 12.7. The second kappa shape index (κ2) is 7.34. The number of aryl methyl sites for hydroxylation is 1. The highest BCUT2D eigenvalue weighted by Gasteiger charge is 2.18. The number of fused-ring (bicyclic) bond motifs is 1. The highest BCUT2D eigenvalue weighted by atomic mass is 32.1. The number of carbonyl (C=O) groups excluding carboxylic acids is 1. The average molecular weight is 373 g/mol. The number of ether oxygens (including phenoxy) is 1. The molecular formula is C16H19N7O2S. The second-order valence-electron chi connectivity index (χ2n) is 5.91. The van der Waals surface area contributed by atoms with Gasteiger partial charge in [-0.3, -0.25) is 4.79 Å². The highest BCUT2D eigenvalue weighted by molar-refractivity contribution is 7.09. The van der Waals surface area contributed by atoms with E-state index < -0.39 is 0 Å². The lowest BCUT2D eigenvalue weighted by atomic mass is 10.3. The summed E-state index contributed by atoms with van der Waals surface area (Å²) in [4.78, 5) is 27.2. The molecule has 1 N–H and O–H groups in total. The molecule has 4 heterocycles. The van der Waals surface area contributed by atoms with Crippen molar-refractivity contribution < 1.29 is 9.53 Å². The van der Waals surface area contributed by atoms with E-state index in [4.69, 9.17) is 4.74 Å². The van der Waals surface area contributed by atoms with E-state index in [1.807, 2.05) is 6.92 Å². The fraction of sp³-hybridized carbons (Fsp3) is 0.438. The Morgan fingerprint density at radius 1 is 1.35 bits per heavy atom. The maximum Gasteiger partial charge on any atom is 0.270 e. The highest BCUT2D eigenvalue weighted by Crippen LogP contribution is 2.23. The molecule has 0 atom stereocenters. The number of morpholine rings is 1. The summed E-state index contributed by atoms with van der Waals surface area (Å²) >= 11 is 1.46. The van der Waals surface area contributed by atoms with Crippen molar-refractivity contribution in [1.82, 2.24) is 30.0 Å². The quantitative estimate of drug-likeness (QED) is 0.708. The average Bonchev–Trinajstić information content (AvgIpc) is 3.29. The standard InChI is InChI=1S/C16H19N7O2S/c1-11-21-13(9-26-11)16(24)17-2-3-23-15-12(8-20-23)14(18-10-19-15)22-4-6-25-7-5-22/h8-10H,2-7H2,1H3,(H,17,24). The molecule has 1 saturated heterocycles. The molecule has 1 amide bonds. The minimum absolute atomic E-state index is 0.172. The Kier molecular flexibility index (Phi) is 4.76. The van der Waals surface area contributed by atoms with Crippen LogP contribution in [0.4, 0.5) is 5.82 Å². The molecule has 136 valence electrons. The molecule has 1 aliphatic heterocycles. The van der Waals surface area contributed by atoms with Crippen molar-refractivity contribution in [2.24, 2.45) is 0 Å². The normalized spacial score (nSPS) is 14.7. The molecule has 10 heteroatoms. The molecule has 3 aromatic heterocycles. The van der Waals surface area contributed by atoms with Crippen molar-refractivity contribution in [2.45, 2.75) is 13.5 Å². The lowest BCUT2D eigenvalue weighted by Crippen LogP contribution is -2.36. The van der Waals surface area contributed by atoms with Crippen LogP contribution in [0.25, 0.3) is 11.0 Å². The molecule has 4 rings (SSSR count). The van der Waals surface area contributed by atoms with Crippen LogP contribution in [0.5, 0.6) is 0 Å². The van der Waals surface area contributed by atoms with E-state index in [0.717, 1.165) is 34.9 Å². The van der Waals surface area contributed by atoms with Gasteiger partial charge in [0.1, 0.15) is 17.8 Å². The largest absolute Gasteiger partial charge is 0.378 e. The number of aromatic nitrogens is 5. The summed E-state index contributed by atoms with van der Waals surface area (Å²) in [5.74, 6) is 0.709. The zero-order valence-electron chi connectivity index (χ0n) is 14.4. The van der Waals surface area contributed by atoms with E-state index in [1.165, 1.54) is 11.3 Å². The van der Waals surface area contributed by atoms with Crippen LogP contribution in [0.1, 0.15) is 15.5 Å². The van der Waals surface area contributed by atoms with Crippen molar-refractivity contribution in [2.75, 3.05) is 37.7 Å². The van der Waals surface area contributed by atoms with Gasteiger partial charge in [0.05, 0.1) is 36.3 Å². The topological polar surface area (TPSA) is 98.1 Å². The smallest absolute Gasteiger partial charge is 0.270 e. The van der Waals surface area contributed by atoms with Crippen molar-refractivity contribution >= 4 is 34.1 Å². The molecule has 26 heavy (non-hydrogen) atoms. The lowest BCUT2D eigenvalue weighted by molar-refractivity contribution is 0.0947. The van der Waals surface area contributed by atoms with Gasteiger partial charge in [-0.25, -0.2) is 19.6 Å². The Morgan fingerprint density at radius 3 is 2.96 bits per heavy atom. The Morgan fingerprint density at radius 2 is 2.19 bits per heavy atom. The van der Waals surface area contributed by atoms with Gasteiger partial charge in [-0.2, -0.15) is 5.10 Å². The summed E-state index contributed by atoms with van der Waals surface area (Å²) in [5, 5.41) is 10.8. The third-order valence-corrected chi connectivity index (χ3v) is 4.96. The first-order valence-corrected chi connectivity index (χ1v) is 9.30. The summed E-state index contributed by atoms with van der Waals surface area (Å²) in [6, 6.07) is 0. The molecule has 1 aliphatic rings. The Bertz CT molecular complexity index is 916. The monoisotopic (exact) mass is 373 g/mol. The predicted octanol–water partition coefficient (Wildman–Crippen LogP) is 0.858. The molecule has 3 aromatic rings. The van der Waals surface area contributed by atoms with Crippen LogP contribution in [0.15, 0.2) is 17.9 Å². The minimum Gasteiger partial charge on any atom is -0.378 e. The molecule has 9 nitrogen and oxygen atoms in total. The van der Waals surface area contributed by atoms with Gasteiger partial charge in [0.25, 0.3) is 5.91 Å². The number of amides is 1. The SMILES string of the molecule is Cc1nc(C(=O)NCCn2ncc3c(N4CCOCC4)ncnc32)cs1. The molecule has 0 unspecified atom stereocenters. The Labute approximate surface area is 154 Å². The number of hydrogen-bond donors (Lipinski definition) is 1. The van der Waals surface area contributed by atoms with Gasteiger partial charge in [-0.1, -0.05) is 0 Å². The third kappa shape index (κ3) is 3.37. The van der Waals surface area contributed by atoms with Crippen LogP contribution >= 0.6 is 11.3 Å². The fourth-order valence-electron chi connectivity index (χ4n) is 2.90. The number of nitrogens with zero attached hydrogens (tertiary/aromatic N) is 6. The van der Waals surface area contributed by atoms with E-state index >= 15 is 0 Å².